The second kappa shape index (κ2) is 8.91. The zero-order valence-electron chi connectivity index (χ0n) is 16.6. The largest absolute Gasteiger partial charge is 0.379 e. The predicted molar refractivity (Wildman–Crippen MR) is 116 cm³/mol. The first-order valence-electron chi connectivity index (χ1n) is 9.95. The van der Waals surface area contributed by atoms with Crippen LogP contribution in [0.4, 0.5) is 11.4 Å². The molecule has 4 rings (SSSR count). The Hall–Kier alpha value is -3.14. The van der Waals surface area contributed by atoms with Gasteiger partial charge in [-0.25, -0.2) is 0 Å². The molecule has 0 atom stereocenters. The van der Waals surface area contributed by atoms with Gasteiger partial charge in [0.05, 0.1) is 24.5 Å². The highest BCUT2D eigenvalue weighted by molar-refractivity contribution is 5.89. The van der Waals surface area contributed by atoms with E-state index in [0.29, 0.717) is 5.56 Å². The molecule has 0 spiro atoms. The van der Waals surface area contributed by atoms with Crippen molar-refractivity contribution in [3.8, 4) is 6.07 Å². The summed E-state index contributed by atoms with van der Waals surface area (Å²) in [5.74, 6) is 0. The van der Waals surface area contributed by atoms with E-state index in [1.807, 2.05) is 12.3 Å². The maximum absolute atomic E-state index is 9.59. The van der Waals surface area contributed by atoms with Gasteiger partial charge in [-0.15, -0.1) is 0 Å². The number of fused-ring (bicyclic) bond motifs is 1. The second-order valence-corrected chi connectivity index (χ2v) is 7.21. The molecule has 0 amide bonds. The lowest BCUT2D eigenvalue weighted by Gasteiger charge is -2.25. The Balaban J connectivity index is 1.54. The van der Waals surface area contributed by atoms with E-state index in [1.165, 1.54) is 5.39 Å². The average molecular weight is 387 g/mol. The lowest BCUT2D eigenvalue weighted by Crippen LogP contribution is -2.36. The highest BCUT2D eigenvalue weighted by Crippen LogP contribution is 2.30. The number of benzene rings is 1. The summed E-state index contributed by atoms with van der Waals surface area (Å²) in [4.78, 5) is 9.89. The quantitative estimate of drug-likeness (QED) is 0.662. The molecule has 2 N–H and O–H groups in total. The highest BCUT2D eigenvalue weighted by atomic mass is 16.5. The maximum atomic E-state index is 9.59. The fourth-order valence-corrected chi connectivity index (χ4v) is 3.67. The van der Waals surface area contributed by atoms with Gasteiger partial charge in [0.2, 0.25) is 0 Å². The van der Waals surface area contributed by atoms with Gasteiger partial charge in [-0.1, -0.05) is 12.2 Å². The number of nitrogens with zero attached hydrogens (tertiary/aromatic N) is 3. The number of anilines is 2. The van der Waals surface area contributed by atoms with Crippen LogP contribution in [0.3, 0.4) is 0 Å². The van der Waals surface area contributed by atoms with Crippen LogP contribution < -0.4 is 5.32 Å². The molecule has 0 unspecified atom stereocenters. The number of aryl methyl sites for hydroxylation is 1. The van der Waals surface area contributed by atoms with Crippen LogP contribution in [-0.4, -0.2) is 47.7 Å². The first-order valence-corrected chi connectivity index (χ1v) is 9.95. The van der Waals surface area contributed by atoms with E-state index in [-0.39, 0.29) is 0 Å². The number of rotatable bonds is 6. The summed E-state index contributed by atoms with van der Waals surface area (Å²) in [6.07, 6.45) is 10.5. The smallest absolute Gasteiger partial charge is 0.103 e. The molecule has 6 nitrogen and oxygen atoms in total. The number of aromatic nitrogens is 2. The zero-order valence-corrected chi connectivity index (χ0v) is 16.6. The molecule has 0 saturated carbocycles. The highest BCUT2D eigenvalue weighted by Gasteiger charge is 2.12. The summed E-state index contributed by atoms with van der Waals surface area (Å²) in [6, 6.07) is 8.43. The topological polar surface area (TPSA) is 77.0 Å². The number of morpholine rings is 1. The summed E-state index contributed by atoms with van der Waals surface area (Å²) in [6.45, 7) is 6.72. The first-order chi connectivity index (χ1) is 14.3. The summed E-state index contributed by atoms with van der Waals surface area (Å²) in [5.41, 5.74) is 5.48. The fourth-order valence-electron chi connectivity index (χ4n) is 3.67. The third-order valence-electron chi connectivity index (χ3n) is 5.37. The van der Waals surface area contributed by atoms with Crippen LogP contribution in [0.5, 0.6) is 0 Å². The van der Waals surface area contributed by atoms with Crippen molar-refractivity contribution in [1.82, 2.24) is 14.9 Å². The van der Waals surface area contributed by atoms with Crippen molar-refractivity contribution in [2.24, 2.45) is 0 Å². The molecule has 6 heteroatoms. The number of nitriles is 1. The average Bonchev–Trinajstić information content (AvgIpc) is 3.24. The van der Waals surface area contributed by atoms with E-state index in [0.717, 1.165) is 67.3 Å². The van der Waals surface area contributed by atoms with Gasteiger partial charge in [0.1, 0.15) is 6.07 Å². The lowest BCUT2D eigenvalue weighted by atomic mass is 10.1. The van der Waals surface area contributed by atoms with Gasteiger partial charge >= 0.3 is 0 Å². The number of aromatic amines is 1. The van der Waals surface area contributed by atoms with Crippen LogP contribution in [0, 0.1) is 18.3 Å². The van der Waals surface area contributed by atoms with Crippen molar-refractivity contribution in [2.75, 3.05) is 38.2 Å². The number of hydrogen-bond acceptors (Lipinski definition) is 5. The maximum Gasteiger partial charge on any atom is 0.103 e. The van der Waals surface area contributed by atoms with Crippen molar-refractivity contribution in [1.29, 1.82) is 5.26 Å². The summed E-state index contributed by atoms with van der Waals surface area (Å²) >= 11 is 0. The SMILES string of the molecule is Cc1c(Nc2c(C#N)cncc2C=CCCN2CCOCC2)ccc2[nH]ccc12. The molecule has 0 bridgehead atoms. The Morgan fingerprint density at radius 3 is 2.97 bits per heavy atom. The molecular formula is C23H25N5O. The minimum atomic E-state index is 0.536. The summed E-state index contributed by atoms with van der Waals surface area (Å²) in [7, 11) is 0. The third-order valence-corrected chi connectivity index (χ3v) is 5.37. The predicted octanol–water partition coefficient (Wildman–Crippen LogP) is 4.22. The summed E-state index contributed by atoms with van der Waals surface area (Å²) in [5, 5.41) is 14.2. The molecule has 3 heterocycles. The van der Waals surface area contributed by atoms with Crippen LogP contribution in [0.1, 0.15) is 23.1 Å². The van der Waals surface area contributed by atoms with Crippen LogP contribution in [0.25, 0.3) is 17.0 Å². The molecule has 1 saturated heterocycles. The van der Waals surface area contributed by atoms with Gasteiger partial charge < -0.3 is 15.0 Å². The van der Waals surface area contributed by atoms with E-state index in [9.17, 15) is 5.26 Å². The molecule has 29 heavy (non-hydrogen) atoms. The molecule has 1 aromatic carbocycles. The standard InChI is InChI=1S/C23H25N5O/c1-17-20-7-8-26-22(20)6-5-21(17)27-23-18(15-25-16-19(23)14-24)4-2-3-9-28-10-12-29-13-11-28/h2,4-8,15-16,26H,3,9-13H2,1H3,(H,25,27). The van der Waals surface area contributed by atoms with Crippen LogP contribution in [-0.2, 0) is 4.74 Å². The Morgan fingerprint density at radius 1 is 1.28 bits per heavy atom. The normalized spacial score (nSPS) is 15.0. The zero-order chi connectivity index (χ0) is 20.1. The minimum absolute atomic E-state index is 0.536. The van der Waals surface area contributed by atoms with E-state index < -0.39 is 0 Å². The Morgan fingerprint density at radius 2 is 2.14 bits per heavy atom. The first kappa shape index (κ1) is 19.2. The second-order valence-electron chi connectivity index (χ2n) is 7.21. The van der Waals surface area contributed by atoms with Gasteiger partial charge in [-0.05, 0) is 37.1 Å². The van der Waals surface area contributed by atoms with E-state index >= 15 is 0 Å². The molecule has 1 aliphatic heterocycles. The molecule has 3 aromatic rings. The molecule has 2 aromatic heterocycles. The monoisotopic (exact) mass is 387 g/mol. The van der Waals surface area contributed by atoms with Gasteiger partial charge in [-0.2, -0.15) is 5.26 Å². The van der Waals surface area contributed by atoms with Gasteiger partial charge in [-0.3, -0.25) is 9.88 Å². The van der Waals surface area contributed by atoms with Gasteiger partial charge in [0.15, 0.2) is 0 Å². The number of nitrogens with one attached hydrogen (secondary N) is 2. The third kappa shape index (κ3) is 4.32. The number of ether oxygens (including phenoxy) is 1. The van der Waals surface area contributed by atoms with E-state index in [4.69, 9.17) is 4.74 Å². The van der Waals surface area contributed by atoms with E-state index in [1.54, 1.807) is 12.4 Å². The Labute approximate surface area is 170 Å². The molecule has 0 aliphatic carbocycles. The van der Waals surface area contributed by atoms with Crippen molar-refractivity contribution in [3.63, 3.8) is 0 Å². The van der Waals surface area contributed by atoms with Crippen molar-refractivity contribution in [3.05, 3.63) is 59.6 Å². The number of hydrogen-bond donors (Lipinski definition) is 2. The molecular weight excluding hydrogens is 362 g/mol. The van der Waals surface area contributed by atoms with Crippen LogP contribution in [0.15, 0.2) is 42.9 Å². The van der Waals surface area contributed by atoms with Crippen LogP contribution >= 0.6 is 0 Å². The number of H-pyrrole nitrogens is 1. The van der Waals surface area contributed by atoms with E-state index in [2.05, 4.69) is 57.5 Å². The van der Waals surface area contributed by atoms with Gasteiger partial charge in [0, 0.05) is 60.4 Å². The molecule has 0 radical (unpaired) electrons. The Bertz CT molecular complexity index is 1060. The van der Waals surface area contributed by atoms with Crippen molar-refractivity contribution < 1.29 is 4.74 Å². The Kier molecular flexibility index (Phi) is 5.89. The fraction of sp³-hybridized carbons (Fsp3) is 0.304. The molecule has 1 fully saturated rings. The van der Waals surface area contributed by atoms with Gasteiger partial charge in [0.25, 0.3) is 0 Å². The molecule has 148 valence electrons. The lowest BCUT2D eigenvalue weighted by molar-refractivity contribution is 0.0387. The number of pyridine rings is 1. The minimum Gasteiger partial charge on any atom is -0.379 e. The van der Waals surface area contributed by atoms with Crippen LogP contribution in [0.2, 0.25) is 0 Å². The summed E-state index contributed by atoms with van der Waals surface area (Å²) < 4.78 is 5.40. The molecule has 1 aliphatic rings. The van der Waals surface area contributed by atoms with Crippen molar-refractivity contribution >= 4 is 28.4 Å². The van der Waals surface area contributed by atoms with Crippen molar-refractivity contribution in [2.45, 2.75) is 13.3 Å².